The predicted octanol–water partition coefficient (Wildman–Crippen LogP) is -0.499. The van der Waals surface area contributed by atoms with Crippen molar-refractivity contribution in [3.05, 3.63) is 65.7 Å². The summed E-state index contributed by atoms with van der Waals surface area (Å²) < 4.78 is 0. The number of guanidine groups is 1. The third-order valence-corrected chi connectivity index (χ3v) is 5.98. The van der Waals surface area contributed by atoms with Gasteiger partial charge in [-0.1, -0.05) is 30.3 Å². The predicted molar refractivity (Wildman–Crippen MR) is 151 cm³/mol. The number of carbonyl (C=O) groups is 4. The van der Waals surface area contributed by atoms with E-state index >= 15 is 0 Å². The smallest absolute Gasteiger partial charge is 0.251 e. The molecule has 0 heterocycles. The van der Waals surface area contributed by atoms with Crippen molar-refractivity contribution in [3.63, 3.8) is 0 Å². The van der Waals surface area contributed by atoms with Crippen molar-refractivity contribution in [1.82, 2.24) is 16.0 Å². The molecule has 0 radical (unpaired) electrons. The average molecular weight is 555 g/mol. The topological polar surface area (TPSA) is 241 Å². The first kappa shape index (κ1) is 31.6. The lowest BCUT2D eigenvalue weighted by Crippen LogP contribution is -2.54. The van der Waals surface area contributed by atoms with Gasteiger partial charge in [0.15, 0.2) is 5.96 Å². The molecule has 13 heteroatoms. The molecule has 40 heavy (non-hydrogen) atoms. The molecule has 2 aromatic rings. The van der Waals surface area contributed by atoms with Crippen LogP contribution in [0.4, 0.5) is 0 Å². The van der Waals surface area contributed by atoms with Crippen LogP contribution in [0.15, 0.2) is 59.6 Å². The van der Waals surface area contributed by atoms with Gasteiger partial charge in [0.25, 0.3) is 5.91 Å². The highest BCUT2D eigenvalue weighted by Crippen LogP contribution is 2.17. The minimum absolute atomic E-state index is 0.0198. The number of carbonyl (C=O) groups excluding carboxylic acids is 4. The summed E-state index contributed by atoms with van der Waals surface area (Å²) in [5.41, 5.74) is 22.6. The van der Waals surface area contributed by atoms with Gasteiger partial charge < -0.3 is 44.0 Å². The molecule has 2 rings (SSSR count). The number of hydrogen-bond acceptors (Lipinski definition) is 7. The first-order valence-electron chi connectivity index (χ1n) is 12.9. The Morgan fingerprint density at radius 3 is 1.98 bits per heavy atom. The van der Waals surface area contributed by atoms with Crippen LogP contribution in [0, 0.1) is 0 Å². The third-order valence-electron chi connectivity index (χ3n) is 5.98. The Morgan fingerprint density at radius 1 is 0.775 bits per heavy atom. The number of primary amides is 1. The lowest BCUT2D eigenvalue weighted by Gasteiger charge is -2.25. The molecule has 4 amide bonds. The fourth-order valence-electron chi connectivity index (χ4n) is 3.87. The molecule has 0 aliphatic rings. The maximum Gasteiger partial charge on any atom is 0.251 e. The fourth-order valence-corrected chi connectivity index (χ4v) is 3.87. The molecule has 0 aliphatic carbocycles. The van der Waals surface area contributed by atoms with Gasteiger partial charge in [-0.15, -0.1) is 0 Å². The van der Waals surface area contributed by atoms with E-state index in [2.05, 4.69) is 20.9 Å². The molecule has 2 aromatic carbocycles. The van der Waals surface area contributed by atoms with Crippen molar-refractivity contribution >= 4 is 29.6 Å². The summed E-state index contributed by atoms with van der Waals surface area (Å²) in [6.07, 6.45) is 1.91. The van der Waals surface area contributed by atoms with Gasteiger partial charge in [-0.3, -0.25) is 24.2 Å². The summed E-state index contributed by atoms with van der Waals surface area (Å²) in [5, 5.41) is 17.5. The molecule has 0 saturated carbocycles. The van der Waals surface area contributed by atoms with E-state index in [1.54, 1.807) is 30.3 Å². The second-order valence-corrected chi connectivity index (χ2v) is 9.12. The van der Waals surface area contributed by atoms with Gasteiger partial charge in [0, 0.05) is 12.1 Å². The number of nitrogens with two attached hydrogens (primary N) is 4. The molecule has 0 bridgehead atoms. The van der Waals surface area contributed by atoms with Crippen molar-refractivity contribution in [2.75, 3.05) is 13.1 Å². The molecule has 0 fully saturated rings. The van der Waals surface area contributed by atoms with Crippen LogP contribution >= 0.6 is 0 Å². The molecule has 0 aromatic heterocycles. The first-order valence-corrected chi connectivity index (χ1v) is 12.9. The number of nitrogens with zero attached hydrogens (tertiary/aromatic N) is 1. The Hall–Kier alpha value is -4.65. The van der Waals surface area contributed by atoms with Crippen LogP contribution in [0.1, 0.15) is 54.1 Å². The highest BCUT2D eigenvalue weighted by Gasteiger charge is 2.29. The van der Waals surface area contributed by atoms with E-state index in [-0.39, 0.29) is 31.1 Å². The molecule has 13 nitrogen and oxygen atoms in total. The summed E-state index contributed by atoms with van der Waals surface area (Å²) in [6.45, 7) is 0.626. The van der Waals surface area contributed by atoms with Gasteiger partial charge >= 0.3 is 0 Å². The number of aliphatic imine (C=N–C) groups is 1. The maximum atomic E-state index is 13.4. The van der Waals surface area contributed by atoms with Gasteiger partial charge in [0.1, 0.15) is 23.9 Å². The summed E-state index contributed by atoms with van der Waals surface area (Å²) in [7, 11) is 0. The highest BCUT2D eigenvalue weighted by atomic mass is 16.3. The largest absolute Gasteiger partial charge is 0.508 e. The fraction of sp³-hybridized carbons (Fsp3) is 0.370. The number of benzene rings is 2. The maximum absolute atomic E-state index is 13.4. The summed E-state index contributed by atoms with van der Waals surface area (Å²) in [4.78, 5) is 55.5. The number of rotatable bonds is 16. The summed E-state index contributed by atoms with van der Waals surface area (Å²) >= 11 is 0. The number of amides is 4. The van der Waals surface area contributed by atoms with Gasteiger partial charge in [-0.25, -0.2) is 0 Å². The highest BCUT2D eigenvalue weighted by molar-refractivity contribution is 5.98. The summed E-state index contributed by atoms with van der Waals surface area (Å²) in [6, 6.07) is 10.8. The molecule has 0 saturated heterocycles. The Kier molecular flexibility index (Phi) is 12.9. The Labute approximate surface area is 232 Å². The molecule has 0 unspecified atom stereocenters. The van der Waals surface area contributed by atoms with Crippen LogP contribution in [-0.2, 0) is 14.4 Å². The molecule has 0 spiro atoms. The molecule has 3 atom stereocenters. The minimum atomic E-state index is -1.20. The van der Waals surface area contributed by atoms with E-state index in [0.29, 0.717) is 36.9 Å². The average Bonchev–Trinajstić information content (AvgIpc) is 2.93. The van der Waals surface area contributed by atoms with Crippen LogP contribution in [0.5, 0.6) is 5.75 Å². The second kappa shape index (κ2) is 16.3. The molecular formula is C27H38N8O5. The van der Waals surface area contributed by atoms with E-state index in [4.69, 9.17) is 22.9 Å². The van der Waals surface area contributed by atoms with Crippen LogP contribution in [0.25, 0.3) is 0 Å². The molecular weight excluding hydrogens is 516 g/mol. The number of hydrogen-bond donors (Lipinski definition) is 8. The van der Waals surface area contributed by atoms with Gasteiger partial charge in [0.2, 0.25) is 17.7 Å². The zero-order chi connectivity index (χ0) is 29.5. The number of phenols is 1. The SMILES string of the molecule is NCCCC[C@H](NC(=O)[C@H](CCCN=C(N)N)NC(=O)c1ccccc1)C(=O)N[C@H](C(N)=O)c1ccc(O)cc1. The van der Waals surface area contributed by atoms with Crippen LogP contribution in [0.3, 0.4) is 0 Å². The second-order valence-electron chi connectivity index (χ2n) is 9.12. The number of aromatic hydroxyl groups is 1. The van der Waals surface area contributed by atoms with Crippen molar-refractivity contribution in [1.29, 1.82) is 0 Å². The van der Waals surface area contributed by atoms with Crippen LogP contribution in [-0.4, -0.2) is 59.9 Å². The van der Waals surface area contributed by atoms with E-state index < -0.39 is 41.8 Å². The van der Waals surface area contributed by atoms with E-state index in [1.165, 1.54) is 24.3 Å². The van der Waals surface area contributed by atoms with E-state index in [9.17, 15) is 24.3 Å². The van der Waals surface area contributed by atoms with Crippen molar-refractivity contribution in [3.8, 4) is 5.75 Å². The van der Waals surface area contributed by atoms with E-state index in [1.807, 2.05) is 0 Å². The van der Waals surface area contributed by atoms with Crippen LogP contribution in [0.2, 0.25) is 0 Å². The van der Waals surface area contributed by atoms with Gasteiger partial charge in [-0.2, -0.15) is 0 Å². The van der Waals surface area contributed by atoms with Crippen LogP contribution < -0.4 is 38.9 Å². The van der Waals surface area contributed by atoms with Crippen molar-refractivity contribution < 1.29 is 24.3 Å². The number of phenolic OH excluding ortho intramolecular Hbond substituents is 1. The zero-order valence-corrected chi connectivity index (χ0v) is 22.2. The Morgan fingerprint density at radius 2 is 1.38 bits per heavy atom. The molecule has 216 valence electrons. The Bertz CT molecular complexity index is 1150. The van der Waals surface area contributed by atoms with Gasteiger partial charge in [-0.05, 0) is 68.5 Å². The zero-order valence-electron chi connectivity index (χ0n) is 22.2. The van der Waals surface area contributed by atoms with E-state index in [0.717, 1.165) is 0 Å². The van der Waals surface area contributed by atoms with Gasteiger partial charge in [0.05, 0.1) is 0 Å². The third kappa shape index (κ3) is 10.6. The normalized spacial score (nSPS) is 12.8. The lowest BCUT2D eigenvalue weighted by atomic mass is 10.0. The standard InChI is InChI=1S/C27H38N8O5/c28-15-5-4-9-20(26(40)35-22(23(29)37)17-11-13-19(36)14-12-17)34-25(39)21(10-6-16-32-27(30)31)33-24(38)18-7-2-1-3-8-18/h1-3,7-8,11-14,20-22,36H,4-6,9-10,15-16,28H2,(H2,29,37)(H,33,38)(H,34,39)(H,35,40)(H4,30,31,32)/t20-,21-,22-/m0/s1. The minimum Gasteiger partial charge on any atom is -0.508 e. The summed E-state index contributed by atoms with van der Waals surface area (Å²) in [5.74, 6) is -2.64. The monoisotopic (exact) mass is 554 g/mol. The van der Waals surface area contributed by atoms with Crippen molar-refractivity contribution in [2.24, 2.45) is 27.9 Å². The Balaban J connectivity index is 2.22. The lowest BCUT2D eigenvalue weighted by molar-refractivity contribution is -0.132. The number of unbranched alkanes of at least 4 members (excludes halogenated alkanes) is 1. The molecule has 0 aliphatic heterocycles. The quantitative estimate of drug-likeness (QED) is 0.0762. The molecule has 12 N–H and O–H groups in total. The number of nitrogens with one attached hydrogen (secondary N) is 3. The van der Waals surface area contributed by atoms with Crippen molar-refractivity contribution in [2.45, 2.75) is 50.2 Å². The first-order chi connectivity index (χ1) is 19.1.